The Labute approximate surface area is 150 Å². The molecule has 1 aromatic heterocycles. The van der Waals surface area contributed by atoms with E-state index in [1.54, 1.807) is 6.20 Å². The number of hydrogen-bond acceptors (Lipinski definition) is 3. The van der Waals surface area contributed by atoms with E-state index in [9.17, 15) is 4.79 Å². The molecular weight excluding hydrogens is 312 g/mol. The second kappa shape index (κ2) is 8.30. The first-order valence-electron chi connectivity index (χ1n) is 9.25. The van der Waals surface area contributed by atoms with Gasteiger partial charge in [0, 0.05) is 13.1 Å². The number of piperidine rings is 1. The van der Waals surface area contributed by atoms with E-state index in [4.69, 9.17) is 0 Å². The molecule has 2 aromatic rings. The molecule has 0 saturated carbocycles. The monoisotopic (exact) mass is 340 g/mol. The Hall–Kier alpha value is -2.14. The van der Waals surface area contributed by atoms with Gasteiger partial charge in [-0.1, -0.05) is 37.3 Å². The highest BCUT2D eigenvalue weighted by Gasteiger charge is 2.26. The Morgan fingerprint density at radius 3 is 2.60 bits per heavy atom. The maximum absolute atomic E-state index is 13.0. The standard InChI is InChI=1S/C20H28N4O/c1-3-19-18(14-22-24(19)15-17-7-5-4-6-8-17)20(25)23-11-9-16(10-12-23)13-21-2/h4-8,14,16,21H,3,9-13,15H2,1-2H3. The fourth-order valence-electron chi connectivity index (χ4n) is 3.65. The molecule has 2 heterocycles. The Bertz CT molecular complexity index is 687. The zero-order chi connectivity index (χ0) is 17.6. The molecule has 5 nitrogen and oxygen atoms in total. The van der Waals surface area contributed by atoms with Crippen molar-refractivity contribution >= 4 is 5.91 Å². The summed E-state index contributed by atoms with van der Waals surface area (Å²) in [5, 5.41) is 7.74. The number of carbonyl (C=O) groups excluding carboxylic acids is 1. The van der Waals surface area contributed by atoms with Gasteiger partial charge in [-0.3, -0.25) is 9.48 Å². The minimum atomic E-state index is 0.138. The van der Waals surface area contributed by atoms with Crippen LogP contribution in [0.1, 0.15) is 41.4 Å². The maximum Gasteiger partial charge on any atom is 0.257 e. The van der Waals surface area contributed by atoms with Crippen LogP contribution in [0.25, 0.3) is 0 Å². The molecule has 1 fully saturated rings. The topological polar surface area (TPSA) is 50.2 Å². The lowest BCUT2D eigenvalue weighted by atomic mass is 9.96. The number of likely N-dealkylation sites (tertiary alicyclic amines) is 1. The Kier molecular flexibility index (Phi) is 5.87. The number of rotatable bonds is 6. The van der Waals surface area contributed by atoms with E-state index in [-0.39, 0.29) is 5.91 Å². The van der Waals surface area contributed by atoms with E-state index in [1.165, 1.54) is 5.56 Å². The van der Waals surface area contributed by atoms with E-state index >= 15 is 0 Å². The van der Waals surface area contributed by atoms with E-state index < -0.39 is 0 Å². The van der Waals surface area contributed by atoms with Crippen molar-refractivity contribution in [1.82, 2.24) is 20.0 Å². The van der Waals surface area contributed by atoms with Crippen LogP contribution >= 0.6 is 0 Å². The number of nitrogens with zero attached hydrogens (tertiary/aromatic N) is 3. The predicted molar refractivity (Wildman–Crippen MR) is 99.7 cm³/mol. The van der Waals surface area contributed by atoms with Gasteiger partial charge in [-0.25, -0.2) is 0 Å². The highest BCUT2D eigenvalue weighted by Crippen LogP contribution is 2.20. The smallest absolute Gasteiger partial charge is 0.257 e. The van der Waals surface area contributed by atoms with Crippen LogP contribution in [0.2, 0.25) is 0 Å². The molecule has 1 aliphatic rings. The fraction of sp³-hybridized carbons (Fsp3) is 0.500. The molecule has 1 N–H and O–H groups in total. The van der Waals surface area contributed by atoms with Crippen LogP contribution in [-0.4, -0.2) is 47.3 Å². The van der Waals surface area contributed by atoms with Gasteiger partial charge in [0.25, 0.3) is 5.91 Å². The first kappa shape index (κ1) is 17.7. The van der Waals surface area contributed by atoms with Crippen LogP contribution < -0.4 is 5.32 Å². The quantitative estimate of drug-likeness (QED) is 0.879. The van der Waals surface area contributed by atoms with Gasteiger partial charge < -0.3 is 10.2 Å². The van der Waals surface area contributed by atoms with Crippen LogP contribution in [0.4, 0.5) is 0 Å². The average molecular weight is 340 g/mol. The minimum Gasteiger partial charge on any atom is -0.339 e. The summed E-state index contributed by atoms with van der Waals surface area (Å²) in [7, 11) is 1.99. The molecule has 0 aliphatic carbocycles. The fourth-order valence-corrected chi connectivity index (χ4v) is 3.65. The van der Waals surface area contributed by atoms with Crippen LogP contribution in [0, 0.1) is 5.92 Å². The second-order valence-electron chi connectivity index (χ2n) is 6.79. The molecule has 25 heavy (non-hydrogen) atoms. The van der Waals surface area contributed by atoms with Gasteiger partial charge in [-0.05, 0) is 44.3 Å². The average Bonchev–Trinajstić information content (AvgIpc) is 3.05. The molecule has 1 saturated heterocycles. The van der Waals surface area contributed by atoms with E-state index in [0.29, 0.717) is 12.5 Å². The molecule has 0 atom stereocenters. The van der Waals surface area contributed by atoms with E-state index in [0.717, 1.165) is 50.2 Å². The first-order chi connectivity index (χ1) is 12.2. The van der Waals surface area contributed by atoms with Crippen molar-refractivity contribution in [2.24, 2.45) is 5.92 Å². The number of aromatic nitrogens is 2. The van der Waals surface area contributed by atoms with Gasteiger partial charge in [0.15, 0.2) is 0 Å². The summed E-state index contributed by atoms with van der Waals surface area (Å²) in [4.78, 5) is 15.0. The molecule has 134 valence electrons. The molecule has 1 aromatic carbocycles. The number of amides is 1. The molecule has 1 amide bonds. The molecule has 5 heteroatoms. The summed E-state index contributed by atoms with van der Waals surface area (Å²) in [6.07, 6.45) is 4.71. The van der Waals surface area contributed by atoms with Gasteiger partial charge in [0.1, 0.15) is 0 Å². The molecule has 0 bridgehead atoms. The van der Waals surface area contributed by atoms with E-state index in [1.807, 2.05) is 34.8 Å². The van der Waals surface area contributed by atoms with Gasteiger partial charge in [-0.2, -0.15) is 5.10 Å². The first-order valence-corrected chi connectivity index (χ1v) is 9.25. The maximum atomic E-state index is 13.0. The summed E-state index contributed by atoms with van der Waals surface area (Å²) in [6.45, 7) is 5.53. The predicted octanol–water partition coefficient (Wildman–Crippen LogP) is 2.57. The van der Waals surface area contributed by atoms with Crippen molar-refractivity contribution in [1.29, 1.82) is 0 Å². The lowest BCUT2D eigenvalue weighted by Gasteiger charge is -2.32. The van der Waals surface area contributed by atoms with Crippen LogP contribution in [0.5, 0.6) is 0 Å². The van der Waals surface area contributed by atoms with Gasteiger partial charge in [-0.15, -0.1) is 0 Å². The van der Waals surface area contributed by atoms with Crippen LogP contribution in [0.15, 0.2) is 36.5 Å². The van der Waals surface area contributed by atoms with Crippen molar-refractivity contribution in [2.45, 2.75) is 32.7 Å². The highest BCUT2D eigenvalue weighted by molar-refractivity contribution is 5.95. The summed E-state index contributed by atoms with van der Waals surface area (Å²) >= 11 is 0. The second-order valence-corrected chi connectivity index (χ2v) is 6.79. The Morgan fingerprint density at radius 1 is 1.24 bits per heavy atom. The molecule has 0 spiro atoms. The molecule has 1 aliphatic heterocycles. The van der Waals surface area contributed by atoms with Gasteiger partial charge in [0.05, 0.1) is 24.0 Å². The molecule has 0 radical (unpaired) electrons. The summed E-state index contributed by atoms with van der Waals surface area (Å²) < 4.78 is 1.97. The normalized spacial score (nSPS) is 15.5. The number of carbonyl (C=O) groups is 1. The van der Waals surface area contributed by atoms with Crippen molar-refractivity contribution in [3.05, 3.63) is 53.3 Å². The Balaban J connectivity index is 1.71. The Morgan fingerprint density at radius 2 is 1.96 bits per heavy atom. The lowest BCUT2D eigenvalue weighted by Crippen LogP contribution is -2.40. The van der Waals surface area contributed by atoms with Crippen LogP contribution in [-0.2, 0) is 13.0 Å². The van der Waals surface area contributed by atoms with Crippen molar-refractivity contribution < 1.29 is 4.79 Å². The van der Waals surface area contributed by atoms with Gasteiger partial charge >= 0.3 is 0 Å². The number of hydrogen-bond donors (Lipinski definition) is 1. The summed E-state index contributed by atoms with van der Waals surface area (Å²) in [5.41, 5.74) is 3.00. The zero-order valence-corrected chi connectivity index (χ0v) is 15.2. The van der Waals surface area contributed by atoms with Crippen molar-refractivity contribution in [2.75, 3.05) is 26.7 Å². The lowest BCUT2D eigenvalue weighted by molar-refractivity contribution is 0.0689. The molecule has 0 unspecified atom stereocenters. The largest absolute Gasteiger partial charge is 0.339 e. The van der Waals surface area contributed by atoms with Gasteiger partial charge in [0.2, 0.25) is 0 Å². The van der Waals surface area contributed by atoms with E-state index in [2.05, 4.69) is 29.5 Å². The highest BCUT2D eigenvalue weighted by atomic mass is 16.2. The number of benzene rings is 1. The summed E-state index contributed by atoms with van der Waals surface area (Å²) in [6, 6.07) is 10.3. The zero-order valence-electron chi connectivity index (χ0n) is 15.2. The van der Waals surface area contributed by atoms with Crippen molar-refractivity contribution in [3.63, 3.8) is 0 Å². The molecular formula is C20H28N4O. The minimum absolute atomic E-state index is 0.138. The van der Waals surface area contributed by atoms with Crippen LogP contribution in [0.3, 0.4) is 0 Å². The number of nitrogens with one attached hydrogen (secondary N) is 1. The summed E-state index contributed by atoms with van der Waals surface area (Å²) in [5.74, 6) is 0.819. The third-order valence-electron chi connectivity index (χ3n) is 5.08. The molecule has 3 rings (SSSR count). The SMILES string of the molecule is CCc1c(C(=O)N2CCC(CNC)CC2)cnn1Cc1ccccc1. The van der Waals surface area contributed by atoms with Crippen molar-refractivity contribution in [3.8, 4) is 0 Å². The third kappa shape index (κ3) is 4.10. The third-order valence-corrected chi connectivity index (χ3v) is 5.08.